The zero-order chi connectivity index (χ0) is 28.7. The van der Waals surface area contributed by atoms with Crippen LogP contribution in [0.4, 0.5) is 4.79 Å². The Morgan fingerprint density at radius 3 is 2.24 bits per heavy atom. The van der Waals surface area contributed by atoms with Crippen LogP contribution in [-0.2, 0) is 39.8 Å². The summed E-state index contributed by atoms with van der Waals surface area (Å²) in [5.74, 6) is -0.174. The maximum atomic E-state index is 12.7. The SMILES string of the molecule is COC(=O)CCCC=CCC1C(OC2CCCCO2)CC(OC2CCCCO2)C1COC(=O)NCc1ccccc1. The lowest BCUT2D eigenvalue weighted by atomic mass is 9.90. The normalized spacial score (nSPS) is 28.4. The molecule has 1 aliphatic carbocycles. The van der Waals surface area contributed by atoms with Gasteiger partial charge in [0.1, 0.15) is 0 Å². The predicted octanol–water partition coefficient (Wildman–Crippen LogP) is 5.66. The van der Waals surface area contributed by atoms with Crippen LogP contribution < -0.4 is 5.32 Å². The quantitative estimate of drug-likeness (QED) is 0.173. The number of benzene rings is 1. The topological polar surface area (TPSA) is 102 Å². The molecule has 2 aliphatic heterocycles. The van der Waals surface area contributed by atoms with Crippen LogP contribution in [0.3, 0.4) is 0 Å². The number of nitrogens with one attached hydrogen (secondary N) is 1. The average Bonchev–Trinajstić information content (AvgIpc) is 3.32. The summed E-state index contributed by atoms with van der Waals surface area (Å²) in [5, 5.41) is 2.86. The largest absolute Gasteiger partial charge is 0.469 e. The van der Waals surface area contributed by atoms with Gasteiger partial charge in [0.15, 0.2) is 12.6 Å². The second-order valence-corrected chi connectivity index (χ2v) is 11.1. The van der Waals surface area contributed by atoms with E-state index >= 15 is 0 Å². The Balaban J connectivity index is 1.41. The third-order valence-corrected chi connectivity index (χ3v) is 8.14. The molecule has 0 spiro atoms. The van der Waals surface area contributed by atoms with E-state index in [9.17, 15) is 9.59 Å². The van der Waals surface area contributed by atoms with E-state index in [1.165, 1.54) is 7.11 Å². The molecule has 2 saturated heterocycles. The van der Waals surface area contributed by atoms with Crippen molar-refractivity contribution in [2.24, 2.45) is 11.8 Å². The minimum Gasteiger partial charge on any atom is -0.469 e. The van der Waals surface area contributed by atoms with Crippen molar-refractivity contribution in [3.8, 4) is 0 Å². The number of ether oxygens (including phenoxy) is 6. The van der Waals surface area contributed by atoms with E-state index in [1.54, 1.807) is 0 Å². The van der Waals surface area contributed by atoms with Crippen LogP contribution in [0, 0.1) is 11.8 Å². The predicted molar refractivity (Wildman–Crippen MR) is 153 cm³/mol. The number of alkyl carbamates (subject to hydrolysis) is 1. The molecule has 4 rings (SSSR count). The minimum atomic E-state index is -0.446. The van der Waals surface area contributed by atoms with E-state index in [2.05, 4.69) is 17.5 Å². The zero-order valence-corrected chi connectivity index (χ0v) is 24.4. The van der Waals surface area contributed by atoms with Gasteiger partial charge in [0, 0.05) is 38.5 Å². The van der Waals surface area contributed by atoms with Gasteiger partial charge >= 0.3 is 12.1 Å². The molecule has 1 saturated carbocycles. The summed E-state index contributed by atoms with van der Waals surface area (Å²) in [7, 11) is 1.41. The van der Waals surface area contributed by atoms with Crippen LogP contribution >= 0.6 is 0 Å². The molecule has 6 atom stereocenters. The number of amides is 1. The summed E-state index contributed by atoms with van der Waals surface area (Å²) in [4.78, 5) is 24.1. The van der Waals surface area contributed by atoms with Crippen molar-refractivity contribution in [1.82, 2.24) is 5.32 Å². The highest BCUT2D eigenvalue weighted by atomic mass is 16.7. The summed E-state index contributed by atoms with van der Waals surface area (Å²) in [5.41, 5.74) is 1.01. The monoisotopic (exact) mass is 573 g/mol. The maximum Gasteiger partial charge on any atom is 0.407 e. The molecule has 1 aromatic carbocycles. The van der Waals surface area contributed by atoms with Crippen molar-refractivity contribution in [3.05, 3.63) is 48.0 Å². The molecule has 1 aromatic rings. The first kappa shape index (κ1) is 31.5. The third-order valence-electron chi connectivity index (χ3n) is 8.14. The number of unbranched alkanes of at least 4 members (excludes halogenated alkanes) is 1. The lowest BCUT2D eigenvalue weighted by molar-refractivity contribution is -0.204. The highest BCUT2D eigenvalue weighted by molar-refractivity contribution is 5.69. The van der Waals surface area contributed by atoms with E-state index in [0.29, 0.717) is 32.6 Å². The molecule has 0 bridgehead atoms. The summed E-state index contributed by atoms with van der Waals surface area (Å²) in [6, 6.07) is 9.77. The van der Waals surface area contributed by atoms with Crippen LogP contribution in [0.25, 0.3) is 0 Å². The summed E-state index contributed by atoms with van der Waals surface area (Å²) < 4.78 is 35.5. The Labute approximate surface area is 244 Å². The Morgan fingerprint density at radius 1 is 0.927 bits per heavy atom. The van der Waals surface area contributed by atoms with Crippen LogP contribution in [0.2, 0.25) is 0 Å². The maximum absolute atomic E-state index is 12.7. The number of hydrogen-bond donors (Lipinski definition) is 1. The fourth-order valence-corrected chi connectivity index (χ4v) is 5.86. The van der Waals surface area contributed by atoms with Gasteiger partial charge in [0.2, 0.25) is 0 Å². The first-order chi connectivity index (χ1) is 20.1. The van der Waals surface area contributed by atoms with E-state index in [4.69, 9.17) is 28.4 Å². The highest BCUT2D eigenvalue weighted by Crippen LogP contribution is 2.41. The Hall–Kier alpha value is -2.46. The number of hydrogen-bond acceptors (Lipinski definition) is 8. The molecule has 6 unspecified atom stereocenters. The molecule has 3 aliphatic rings. The van der Waals surface area contributed by atoms with Gasteiger partial charge in [0.05, 0.1) is 25.9 Å². The van der Waals surface area contributed by atoms with Crippen molar-refractivity contribution in [3.63, 3.8) is 0 Å². The van der Waals surface area contributed by atoms with E-state index < -0.39 is 6.09 Å². The second-order valence-electron chi connectivity index (χ2n) is 11.1. The van der Waals surface area contributed by atoms with Gasteiger partial charge in [-0.25, -0.2) is 4.79 Å². The van der Waals surface area contributed by atoms with Gasteiger partial charge in [-0.3, -0.25) is 4.79 Å². The van der Waals surface area contributed by atoms with Gasteiger partial charge in [-0.15, -0.1) is 0 Å². The molecule has 41 heavy (non-hydrogen) atoms. The van der Waals surface area contributed by atoms with Crippen LogP contribution in [-0.4, -0.2) is 63.8 Å². The minimum absolute atomic E-state index is 0.0590. The standard InChI is InChI=1S/C32H47NO8/c1-36-29(34)16-8-3-2-7-15-25-26(23-39-32(35)33-22-24-13-5-4-6-14-24)28(41-31-18-10-12-20-38-31)21-27(25)40-30-17-9-11-19-37-30/h2,4-7,13-14,25-28,30-31H,3,8-12,15-23H2,1H3,(H,33,35). The third kappa shape index (κ3) is 10.7. The van der Waals surface area contributed by atoms with E-state index in [-0.39, 0.29) is 49.2 Å². The molecule has 0 radical (unpaired) electrons. The molecule has 1 amide bonds. The number of rotatable bonds is 14. The van der Waals surface area contributed by atoms with E-state index in [1.807, 2.05) is 30.3 Å². The van der Waals surface area contributed by atoms with Crippen LogP contribution in [0.5, 0.6) is 0 Å². The Morgan fingerprint density at radius 2 is 1.61 bits per heavy atom. The highest BCUT2D eigenvalue weighted by Gasteiger charge is 2.46. The summed E-state index contributed by atoms with van der Waals surface area (Å²) >= 11 is 0. The first-order valence-electron chi connectivity index (χ1n) is 15.3. The fraction of sp³-hybridized carbons (Fsp3) is 0.688. The molecular weight excluding hydrogens is 526 g/mol. The first-order valence-corrected chi connectivity index (χ1v) is 15.3. The Bertz CT molecular complexity index is 929. The van der Waals surface area contributed by atoms with Crippen LogP contribution in [0.15, 0.2) is 42.5 Å². The van der Waals surface area contributed by atoms with E-state index in [0.717, 1.165) is 63.4 Å². The smallest absolute Gasteiger partial charge is 0.407 e. The fourth-order valence-electron chi connectivity index (χ4n) is 5.86. The lowest BCUT2D eigenvalue weighted by Crippen LogP contribution is -2.36. The molecular formula is C32H47NO8. The molecule has 0 aromatic heterocycles. The van der Waals surface area contributed by atoms with Crippen molar-refractivity contribution in [1.29, 1.82) is 0 Å². The van der Waals surface area contributed by atoms with Crippen molar-refractivity contribution < 1.29 is 38.0 Å². The zero-order valence-electron chi connectivity index (χ0n) is 24.4. The summed E-state index contributed by atoms with van der Waals surface area (Å²) in [6.07, 6.45) is 12.5. The average molecular weight is 574 g/mol. The van der Waals surface area contributed by atoms with Gasteiger partial charge in [0.25, 0.3) is 0 Å². The van der Waals surface area contributed by atoms with Crippen LogP contribution in [0.1, 0.15) is 76.2 Å². The Kier molecular flexibility index (Phi) is 13.4. The van der Waals surface area contributed by atoms with Gasteiger partial charge in [-0.05, 0) is 69.3 Å². The molecule has 2 heterocycles. The number of allylic oxidation sites excluding steroid dienone is 2. The van der Waals surface area contributed by atoms with Crippen molar-refractivity contribution in [2.75, 3.05) is 26.9 Å². The van der Waals surface area contributed by atoms with Crippen molar-refractivity contribution >= 4 is 12.1 Å². The number of carbonyl (C=O) groups is 2. The summed E-state index contributed by atoms with van der Waals surface area (Å²) in [6.45, 7) is 2.05. The molecule has 1 N–H and O–H groups in total. The lowest BCUT2D eigenvalue weighted by Gasteiger charge is -2.30. The molecule has 9 nitrogen and oxygen atoms in total. The van der Waals surface area contributed by atoms with Gasteiger partial charge < -0.3 is 33.7 Å². The van der Waals surface area contributed by atoms with Crippen molar-refractivity contribution in [2.45, 2.75) is 102 Å². The van der Waals surface area contributed by atoms with Gasteiger partial charge in [-0.2, -0.15) is 0 Å². The molecule has 3 fully saturated rings. The molecule has 9 heteroatoms. The number of methoxy groups -OCH3 is 1. The number of carbonyl (C=O) groups excluding carboxylic acids is 2. The second kappa shape index (κ2) is 17.5. The molecule has 228 valence electrons. The number of esters is 1. The van der Waals surface area contributed by atoms with Gasteiger partial charge in [-0.1, -0.05) is 42.5 Å².